The van der Waals surface area contributed by atoms with Gasteiger partial charge in [0.15, 0.2) is 0 Å². The first-order chi connectivity index (χ1) is 8.60. The normalized spacial score (nSPS) is 13.2. The van der Waals surface area contributed by atoms with E-state index in [2.05, 4.69) is 35.7 Å². The zero-order valence-corrected chi connectivity index (χ0v) is 11.0. The number of hydrogen-bond donors (Lipinski definition) is 1. The van der Waals surface area contributed by atoms with Crippen LogP contribution in [0.1, 0.15) is 32.6 Å². The van der Waals surface area contributed by atoms with Crippen LogP contribution in [-0.4, -0.2) is 39.9 Å². The van der Waals surface area contributed by atoms with Crippen molar-refractivity contribution in [3.63, 3.8) is 0 Å². The lowest BCUT2D eigenvalue weighted by Gasteiger charge is -2.19. The lowest BCUT2D eigenvalue weighted by molar-refractivity contribution is -0.742. The third-order valence-corrected chi connectivity index (χ3v) is 2.51. The van der Waals surface area contributed by atoms with Crippen LogP contribution in [-0.2, 0) is 0 Å². The minimum absolute atomic E-state index is 0.960. The summed E-state index contributed by atoms with van der Waals surface area (Å²) in [4.78, 5) is 13.0. The van der Waals surface area contributed by atoms with E-state index >= 15 is 0 Å². The largest absolute Gasteiger partial charge is 0.359 e. The summed E-state index contributed by atoms with van der Waals surface area (Å²) in [6, 6.07) is 0. The molecular weight excluding hydrogens is 234 g/mol. The molecule has 0 fully saturated rings. The monoisotopic (exact) mass is 257 g/mol. The summed E-state index contributed by atoms with van der Waals surface area (Å²) in [5.41, 5.74) is 0. The Morgan fingerprint density at radius 2 is 2.00 bits per heavy atom. The smallest absolute Gasteiger partial charge is 0.291 e. The van der Waals surface area contributed by atoms with Gasteiger partial charge in [-0.1, -0.05) is 32.3 Å². The Labute approximate surface area is 108 Å². The van der Waals surface area contributed by atoms with Crippen molar-refractivity contribution < 1.29 is 10.3 Å². The van der Waals surface area contributed by atoms with Crippen molar-refractivity contribution in [1.29, 1.82) is 0 Å². The van der Waals surface area contributed by atoms with Gasteiger partial charge in [0.25, 0.3) is 5.09 Å². The zero-order chi connectivity index (χ0) is 13.8. The minimum atomic E-state index is -1.50. The van der Waals surface area contributed by atoms with Crippen molar-refractivity contribution in [2.45, 2.75) is 32.6 Å². The summed E-state index contributed by atoms with van der Waals surface area (Å²) >= 11 is 0. The summed E-state index contributed by atoms with van der Waals surface area (Å²) in [5.74, 6) is 0. The molecule has 0 unspecified atom stereocenters. The van der Waals surface area contributed by atoms with E-state index in [1.807, 2.05) is 6.08 Å². The van der Waals surface area contributed by atoms with E-state index in [-0.39, 0.29) is 0 Å². The molecule has 0 saturated heterocycles. The molecule has 0 bridgehead atoms. The van der Waals surface area contributed by atoms with Crippen molar-refractivity contribution in [2.24, 2.45) is 0 Å². The predicted molar refractivity (Wildman–Crippen MR) is 70.5 cm³/mol. The van der Waals surface area contributed by atoms with Crippen LogP contribution in [0.3, 0.4) is 0 Å². The van der Waals surface area contributed by atoms with Gasteiger partial charge in [0.1, 0.15) is 0 Å². The van der Waals surface area contributed by atoms with Gasteiger partial charge in [-0.15, -0.1) is 16.7 Å². The molecule has 0 aromatic carbocycles. The third-order valence-electron chi connectivity index (χ3n) is 2.51. The maximum absolute atomic E-state index is 8.36. The second-order valence-corrected chi connectivity index (χ2v) is 4.11. The first-order valence-corrected chi connectivity index (χ1v) is 6.20. The molecular formula is C12H23N3O3. The number of rotatable bonds is 7. The number of nitrogens with zero attached hydrogens (tertiary/aromatic N) is 3. The molecule has 1 aliphatic rings. The fourth-order valence-corrected chi connectivity index (χ4v) is 1.69. The first-order valence-electron chi connectivity index (χ1n) is 6.20. The van der Waals surface area contributed by atoms with Gasteiger partial charge in [-0.25, -0.2) is 0 Å². The summed E-state index contributed by atoms with van der Waals surface area (Å²) in [5, 5.41) is 13.6. The minimum Gasteiger partial charge on any atom is -0.359 e. The van der Waals surface area contributed by atoms with Crippen molar-refractivity contribution in [1.82, 2.24) is 9.80 Å². The highest BCUT2D eigenvalue weighted by Crippen LogP contribution is 2.08. The fourth-order valence-electron chi connectivity index (χ4n) is 1.69. The van der Waals surface area contributed by atoms with E-state index in [9.17, 15) is 0 Å². The molecule has 1 heterocycles. The SMILES string of the molecule is C=CCN1C=CN(CCCCCC)C1.O=[N+]([O-])O. The van der Waals surface area contributed by atoms with E-state index < -0.39 is 5.09 Å². The molecule has 0 spiro atoms. The van der Waals surface area contributed by atoms with Crippen molar-refractivity contribution >= 4 is 0 Å². The van der Waals surface area contributed by atoms with Crippen LogP contribution >= 0.6 is 0 Å². The first kappa shape index (κ1) is 16.3. The van der Waals surface area contributed by atoms with Crippen molar-refractivity contribution in [3.05, 3.63) is 35.2 Å². The third kappa shape index (κ3) is 9.50. The molecule has 0 aliphatic carbocycles. The summed E-state index contributed by atoms with van der Waals surface area (Å²) in [6.07, 6.45) is 11.7. The Morgan fingerprint density at radius 1 is 1.39 bits per heavy atom. The van der Waals surface area contributed by atoms with E-state index in [0.717, 1.165) is 13.2 Å². The Balaban J connectivity index is 0.000000631. The standard InChI is InChI=1S/C12H22N2.HNO3/c1-3-5-6-7-9-14-11-10-13(12-14)8-4-2;2-1(3)4/h4,10-11H,2-3,5-9,12H2,1H3;(H,2,3,4). The molecule has 0 aromatic heterocycles. The molecule has 0 radical (unpaired) electrons. The quantitative estimate of drug-likeness (QED) is 0.328. The highest BCUT2D eigenvalue weighted by molar-refractivity contribution is 4.92. The Kier molecular flexibility index (Phi) is 9.44. The summed E-state index contributed by atoms with van der Waals surface area (Å²) < 4.78 is 0. The number of hydrogen-bond acceptors (Lipinski definition) is 4. The molecule has 1 aliphatic heterocycles. The second-order valence-electron chi connectivity index (χ2n) is 4.11. The van der Waals surface area contributed by atoms with Gasteiger partial charge in [0, 0.05) is 25.5 Å². The van der Waals surface area contributed by atoms with E-state index in [1.165, 1.54) is 32.2 Å². The molecule has 1 N–H and O–H groups in total. The van der Waals surface area contributed by atoms with Crippen molar-refractivity contribution in [2.75, 3.05) is 19.8 Å². The molecule has 0 saturated carbocycles. The Morgan fingerprint density at radius 3 is 2.56 bits per heavy atom. The van der Waals surface area contributed by atoms with Gasteiger partial charge in [0.05, 0.1) is 6.67 Å². The maximum Gasteiger partial charge on any atom is 0.291 e. The lowest BCUT2D eigenvalue weighted by Crippen LogP contribution is -2.26. The Bertz CT molecular complexity index is 265. The van der Waals surface area contributed by atoms with Crippen LogP contribution < -0.4 is 0 Å². The van der Waals surface area contributed by atoms with Crippen molar-refractivity contribution in [3.8, 4) is 0 Å². The summed E-state index contributed by atoms with van der Waals surface area (Å²) in [6.45, 7) is 9.19. The van der Waals surface area contributed by atoms with Gasteiger partial charge in [-0.05, 0) is 6.42 Å². The molecule has 104 valence electrons. The molecule has 18 heavy (non-hydrogen) atoms. The molecule has 0 aromatic rings. The van der Waals surface area contributed by atoms with Gasteiger partial charge >= 0.3 is 0 Å². The fraction of sp³-hybridized carbons (Fsp3) is 0.667. The molecule has 1 rings (SSSR count). The van der Waals surface area contributed by atoms with Crippen LogP contribution in [0.15, 0.2) is 25.1 Å². The molecule has 0 amide bonds. The maximum atomic E-state index is 8.36. The van der Waals surface area contributed by atoms with Gasteiger partial charge in [0.2, 0.25) is 0 Å². The van der Waals surface area contributed by atoms with Gasteiger partial charge in [-0.2, -0.15) is 0 Å². The Hall–Kier alpha value is -1.72. The molecule has 6 heteroatoms. The molecule has 6 nitrogen and oxygen atoms in total. The highest BCUT2D eigenvalue weighted by atomic mass is 16.9. The predicted octanol–water partition coefficient (Wildman–Crippen LogP) is 2.45. The number of unbranched alkanes of at least 4 members (excludes halogenated alkanes) is 3. The topological polar surface area (TPSA) is 69.9 Å². The van der Waals surface area contributed by atoms with Crippen LogP contribution in [0.2, 0.25) is 0 Å². The molecule has 0 atom stereocenters. The average Bonchev–Trinajstić information content (AvgIpc) is 2.72. The second kappa shape index (κ2) is 10.4. The lowest BCUT2D eigenvalue weighted by atomic mass is 10.2. The van der Waals surface area contributed by atoms with E-state index in [4.69, 9.17) is 15.3 Å². The van der Waals surface area contributed by atoms with Gasteiger partial charge in [-0.3, -0.25) is 0 Å². The summed E-state index contributed by atoms with van der Waals surface area (Å²) in [7, 11) is 0. The average molecular weight is 257 g/mol. The zero-order valence-electron chi connectivity index (χ0n) is 11.0. The van der Waals surface area contributed by atoms with Gasteiger partial charge < -0.3 is 15.0 Å². The van der Waals surface area contributed by atoms with Crippen LogP contribution in [0.4, 0.5) is 0 Å². The highest BCUT2D eigenvalue weighted by Gasteiger charge is 2.09. The van der Waals surface area contributed by atoms with Crippen LogP contribution in [0, 0.1) is 10.1 Å². The van der Waals surface area contributed by atoms with E-state index in [0.29, 0.717) is 0 Å². The van der Waals surface area contributed by atoms with E-state index in [1.54, 1.807) is 0 Å². The van der Waals surface area contributed by atoms with Crippen LogP contribution in [0.5, 0.6) is 0 Å². The van der Waals surface area contributed by atoms with Crippen LogP contribution in [0.25, 0.3) is 0 Å².